The van der Waals surface area contributed by atoms with Crippen LogP contribution in [0.5, 0.6) is 0 Å². The van der Waals surface area contributed by atoms with E-state index < -0.39 is 31.6 Å². The zero-order valence-electron chi connectivity index (χ0n) is 11.8. The van der Waals surface area contributed by atoms with E-state index in [9.17, 15) is 22.9 Å². The van der Waals surface area contributed by atoms with Crippen LogP contribution in [0.4, 0.5) is 0 Å². The molecule has 0 aromatic carbocycles. The molecule has 2 atom stereocenters. The lowest BCUT2D eigenvalue weighted by atomic mass is 10.0. The molecule has 0 saturated carbocycles. The molecule has 7 nitrogen and oxygen atoms in total. The number of likely N-dealkylation sites (N-methyl/N-ethyl adjacent to an activating group) is 1. The van der Waals surface area contributed by atoms with Gasteiger partial charge in [0.1, 0.15) is 6.04 Å². The highest BCUT2D eigenvalue weighted by Gasteiger charge is 2.57. The topological polar surface area (TPSA) is 118 Å². The minimum Gasteiger partial charge on any atom is -0.366 e. The molecule has 0 fully saturated rings. The minimum absolute atomic E-state index is 0.00280. The molecule has 0 aromatic heterocycles. The van der Waals surface area contributed by atoms with Gasteiger partial charge >= 0.3 is 15.2 Å². The molecule has 19 heavy (non-hydrogen) atoms. The van der Waals surface area contributed by atoms with Crippen molar-refractivity contribution in [2.75, 3.05) is 14.1 Å². The average molecular weight is 295 g/mol. The predicted octanol–water partition coefficient (Wildman–Crippen LogP) is -0.173. The van der Waals surface area contributed by atoms with E-state index in [0.29, 0.717) is 6.42 Å². The van der Waals surface area contributed by atoms with Crippen molar-refractivity contribution >= 4 is 16.0 Å². The highest BCUT2D eigenvalue weighted by atomic mass is 32.2. The SMILES string of the molecule is C=C(C(N)=O)C(CC)[N+](C)(C)C(O)(CC)S(=O)(=O)O. The van der Waals surface area contributed by atoms with Gasteiger partial charge in [-0.2, -0.15) is 8.42 Å². The van der Waals surface area contributed by atoms with Crippen molar-refractivity contribution in [3.63, 3.8) is 0 Å². The molecule has 0 rings (SSSR count). The molecule has 0 aromatic rings. The molecular formula is C11H23N2O5S+. The highest BCUT2D eigenvalue weighted by molar-refractivity contribution is 7.86. The molecular weight excluding hydrogens is 272 g/mol. The third kappa shape index (κ3) is 2.97. The van der Waals surface area contributed by atoms with Crippen LogP contribution in [-0.2, 0) is 14.9 Å². The molecule has 0 saturated heterocycles. The van der Waals surface area contributed by atoms with Crippen molar-refractivity contribution in [3.8, 4) is 0 Å². The molecule has 0 aliphatic heterocycles. The largest absolute Gasteiger partial charge is 0.366 e. The number of rotatable bonds is 7. The Hall–Kier alpha value is -0.960. The number of primary amides is 1. The van der Waals surface area contributed by atoms with Crippen LogP contribution in [0.25, 0.3) is 0 Å². The van der Waals surface area contributed by atoms with Gasteiger partial charge in [-0.15, -0.1) is 0 Å². The van der Waals surface area contributed by atoms with Gasteiger partial charge in [-0.3, -0.25) is 13.8 Å². The van der Waals surface area contributed by atoms with Crippen LogP contribution in [0.1, 0.15) is 26.7 Å². The van der Waals surface area contributed by atoms with E-state index >= 15 is 0 Å². The third-order valence-electron chi connectivity index (χ3n) is 3.66. The van der Waals surface area contributed by atoms with E-state index in [-0.39, 0.29) is 12.0 Å². The van der Waals surface area contributed by atoms with Crippen LogP contribution < -0.4 is 5.73 Å². The Labute approximate surface area is 114 Å². The Kier molecular flexibility index (Phi) is 5.29. The van der Waals surface area contributed by atoms with Crippen molar-refractivity contribution in [3.05, 3.63) is 12.2 Å². The molecule has 2 unspecified atom stereocenters. The average Bonchev–Trinajstić information content (AvgIpc) is 2.26. The van der Waals surface area contributed by atoms with Crippen molar-refractivity contribution < 1.29 is 27.4 Å². The lowest BCUT2D eigenvalue weighted by Crippen LogP contribution is -2.68. The Morgan fingerprint density at radius 1 is 1.42 bits per heavy atom. The van der Waals surface area contributed by atoms with Crippen molar-refractivity contribution in [1.82, 2.24) is 0 Å². The smallest absolute Gasteiger partial charge is 0.350 e. The first-order valence-corrected chi connectivity index (χ1v) is 7.32. The molecule has 4 N–H and O–H groups in total. The van der Waals surface area contributed by atoms with Gasteiger partial charge in [-0.05, 0) is 0 Å². The van der Waals surface area contributed by atoms with Crippen LogP contribution in [0.2, 0.25) is 0 Å². The quantitative estimate of drug-likeness (QED) is 0.261. The second kappa shape index (κ2) is 5.58. The second-order valence-electron chi connectivity index (χ2n) is 4.93. The van der Waals surface area contributed by atoms with Gasteiger partial charge in [0, 0.05) is 12.8 Å². The molecule has 0 aliphatic carbocycles. The first-order valence-electron chi connectivity index (χ1n) is 5.88. The lowest BCUT2D eigenvalue weighted by molar-refractivity contribution is -0.966. The van der Waals surface area contributed by atoms with E-state index in [1.807, 2.05) is 0 Å². The Morgan fingerprint density at radius 2 is 1.84 bits per heavy atom. The number of carbonyl (C=O) groups excluding carboxylic acids is 1. The first kappa shape index (κ1) is 18.0. The molecule has 0 spiro atoms. The first-order chi connectivity index (χ1) is 8.36. The van der Waals surface area contributed by atoms with Crippen LogP contribution >= 0.6 is 0 Å². The minimum atomic E-state index is -4.75. The van der Waals surface area contributed by atoms with E-state index in [2.05, 4.69) is 6.58 Å². The fraction of sp³-hybridized carbons (Fsp3) is 0.727. The summed E-state index contributed by atoms with van der Waals surface area (Å²) in [5, 5.41) is 7.92. The van der Waals surface area contributed by atoms with Crippen molar-refractivity contribution in [1.29, 1.82) is 0 Å². The van der Waals surface area contributed by atoms with Gasteiger partial charge in [0.05, 0.1) is 19.7 Å². The van der Waals surface area contributed by atoms with Gasteiger partial charge in [0.25, 0.3) is 0 Å². The molecule has 112 valence electrons. The zero-order chi connectivity index (χ0) is 15.6. The maximum Gasteiger partial charge on any atom is 0.350 e. The monoisotopic (exact) mass is 295 g/mol. The third-order valence-corrected chi connectivity index (χ3v) is 5.24. The molecule has 0 aliphatic rings. The van der Waals surface area contributed by atoms with Crippen LogP contribution in [-0.4, -0.2) is 53.7 Å². The fourth-order valence-corrected chi connectivity index (χ4v) is 3.47. The van der Waals surface area contributed by atoms with Gasteiger partial charge in [-0.1, -0.05) is 20.4 Å². The van der Waals surface area contributed by atoms with Crippen LogP contribution in [0.3, 0.4) is 0 Å². The molecule has 0 radical (unpaired) electrons. The van der Waals surface area contributed by atoms with Gasteiger partial charge < -0.3 is 10.8 Å². The Morgan fingerprint density at radius 3 is 2.05 bits per heavy atom. The number of nitrogens with zero attached hydrogens (tertiary/aromatic N) is 1. The summed E-state index contributed by atoms with van der Waals surface area (Å²) in [6.45, 7) is 6.68. The summed E-state index contributed by atoms with van der Waals surface area (Å²) < 4.78 is 31.7. The number of carbonyl (C=O) groups is 1. The number of aliphatic hydroxyl groups is 1. The highest BCUT2D eigenvalue weighted by Crippen LogP contribution is 2.33. The van der Waals surface area contributed by atoms with Gasteiger partial charge in [-0.25, -0.2) is 0 Å². The van der Waals surface area contributed by atoms with Crippen LogP contribution in [0, 0.1) is 0 Å². The van der Waals surface area contributed by atoms with Crippen molar-refractivity contribution in [2.45, 2.75) is 37.8 Å². The lowest BCUT2D eigenvalue weighted by Gasteiger charge is -2.46. The van der Waals surface area contributed by atoms with E-state index in [1.165, 1.54) is 21.0 Å². The molecule has 1 amide bonds. The van der Waals surface area contributed by atoms with Gasteiger partial charge in [0.15, 0.2) is 0 Å². The summed E-state index contributed by atoms with van der Waals surface area (Å²) in [5.74, 6) is -0.771. The van der Waals surface area contributed by atoms with Crippen LogP contribution in [0.15, 0.2) is 12.2 Å². The van der Waals surface area contributed by atoms with E-state index in [1.54, 1.807) is 6.92 Å². The van der Waals surface area contributed by atoms with E-state index in [4.69, 9.17) is 5.73 Å². The zero-order valence-corrected chi connectivity index (χ0v) is 12.6. The number of hydrogen-bond donors (Lipinski definition) is 3. The van der Waals surface area contributed by atoms with E-state index in [0.717, 1.165) is 0 Å². The predicted molar refractivity (Wildman–Crippen MR) is 71.3 cm³/mol. The van der Waals surface area contributed by atoms with Crippen molar-refractivity contribution in [2.24, 2.45) is 5.73 Å². The summed E-state index contributed by atoms with van der Waals surface area (Å²) in [6.07, 6.45) is 0.0774. The number of nitrogens with two attached hydrogens (primary N) is 1. The maximum atomic E-state index is 11.5. The maximum absolute atomic E-state index is 11.5. The molecule has 8 heteroatoms. The summed E-state index contributed by atoms with van der Waals surface area (Å²) in [6, 6.07) is -0.732. The number of quaternary nitrogens is 1. The van der Waals surface area contributed by atoms with Gasteiger partial charge in [0.2, 0.25) is 5.91 Å². The Balaban J connectivity index is 5.93. The number of amides is 1. The second-order valence-corrected chi connectivity index (χ2v) is 6.53. The summed E-state index contributed by atoms with van der Waals surface area (Å²) in [4.78, 5) is 11.2. The fourth-order valence-electron chi connectivity index (χ4n) is 2.39. The molecule has 0 bridgehead atoms. The summed E-state index contributed by atoms with van der Waals surface area (Å²) in [5.41, 5.74) is 5.16. The normalized spacial score (nSPS) is 17.6. The summed E-state index contributed by atoms with van der Waals surface area (Å²) in [7, 11) is -1.95. The number of hydrogen-bond acceptors (Lipinski definition) is 4. The summed E-state index contributed by atoms with van der Waals surface area (Å²) >= 11 is 0. The molecule has 0 heterocycles. The Bertz CT molecular complexity index is 471. The standard InChI is InChI=1S/C11H22N2O5S/c1-6-9(8(3)10(12)14)13(4,5)11(15,7-2)19(16,17)18/h9,15H,3,6-7H2,1-2,4-5H3,(H2-,12,14,16,17,18)/p+1.